The number of benzene rings is 1. The van der Waals surface area contributed by atoms with Gasteiger partial charge in [0.25, 0.3) is 5.69 Å². The minimum Gasteiger partial charge on any atom is -1.00 e. The maximum Gasteiger partial charge on any atom is 1.00 e. The van der Waals surface area contributed by atoms with Crippen LogP contribution < -0.4 is 48.4 Å². The smallest absolute Gasteiger partial charge is 1.00 e. The van der Waals surface area contributed by atoms with E-state index in [0.717, 1.165) is 75.7 Å². The zero-order chi connectivity index (χ0) is 43.5. The summed E-state index contributed by atoms with van der Waals surface area (Å²) in [4.78, 5) is 21.9. The Balaban J connectivity index is -0.000000731. The number of non-ortho nitro benzene ring substituents is 1. The first-order valence-electron chi connectivity index (χ1n) is 20.2. The summed E-state index contributed by atoms with van der Waals surface area (Å²) in [5.41, 5.74) is 0.238. The molecule has 4 fully saturated rings. The third kappa shape index (κ3) is 24.3. The van der Waals surface area contributed by atoms with Gasteiger partial charge in [-0.3, -0.25) is 10.1 Å². The zero-order valence-corrected chi connectivity index (χ0v) is 41.8. The van der Waals surface area contributed by atoms with Gasteiger partial charge in [-0.1, -0.05) is 18.2 Å². The number of allylic oxidation sites excluding steroid dienone is 2. The molecule has 8 atom stereocenters. The topological polar surface area (TPSA) is 227 Å². The Bertz CT molecular complexity index is 1420. The average molecular weight is 900 g/mol. The van der Waals surface area contributed by atoms with E-state index in [2.05, 4.69) is 59.0 Å². The van der Waals surface area contributed by atoms with Crippen LogP contribution in [0.4, 0.5) is 5.69 Å². The van der Waals surface area contributed by atoms with Gasteiger partial charge in [0.15, 0.2) is 0 Å². The van der Waals surface area contributed by atoms with Gasteiger partial charge in [0.2, 0.25) is 16.6 Å². The first kappa shape index (κ1) is 61.4. The van der Waals surface area contributed by atoms with E-state index in [9.17, 15) is 14.9 Å². The first-order chi connectivity index (χ1) is 27.3. The van der Waals surface area contributed by atoms with Crippen molar-refractivity contribution in [2.75, 3.05) is 19.8 Å². The summed E-state index contributed by atoms with van der Waals surface area (Å²) >= 11 is 0. The van der Waals surface area contributed by atoms with Crippen LogP contribution in [0.5, 0.6) is 0 Å². The summed E-state index contributed by atoms with van der Waals surface area (Å²) < 4.78 is 33.0. The molecule has 4 saturated carbocycles. The van der Waals surface area contributed by atoms with Crippen molar-refractivity contribution in [2.24, 2.45) is 0 Å². The number of ether oxygens (including phenoxy) is 4. The van der Waals surface area contributed by atoms with Crippen molar-refractivity contribution in [3.8, 4) is 0 Å². The van der Waals surface area contributed by atoms with Crippen molar-refractivity contribution in [3.63, 3.8) is 0 Å². The summed E-state index contributed by atoms with van der Waals surface area (Å²) in [6.07, 6.45) is 12.7. The van der Waals surface area contributed by atoms with Gasteiger partial charge in [0.1, 0.15) is 17.6 Å². The number of aliphatic hydroxyl groups excluding tert-OH is 4. The molecule has 19 heteroatoms. The molecule has 338 valence electrons. The van der Waals surface area contributed by atoms with Gasteiger partial charge >= 0.3 is 54.4 Å². The van der Waals surface area contributed by atoms with Crippen LogP contribution in [0.2, 0.25) is 39.3 Å². The molecular formula is C42H71LiNNaO14Si2. The fourth-order valence-corrected chi connectivity index (χ4v) is 7.22. The van der Waals surface area contributed by atoms with E-state index in [0.29, 0.717) is 25.4 Å². The van der Waals surface area contributed by atoms with Gasteiger partial charge in [-0.2, -0.15) is 0 Å². The van der Waals surface area contributed by atoms with Crippen LogP contribution in [0.3, 0.4) is 0 Å². The van der Waals surface area contributed by atoms with Crippen LogP contribution in [-0.2, 0) is 27.8 Å². The van der Waals surface area contributed by atoms with Gasteiger partial charge in [-0.25, -0.2) is 4.79 Å². The number of nitro groups is 1. The first-order valence-corrected chi connectivity index (χ1v) is 27.0. The molecule has 5 aliphatic rings. The van der Waals surface area contributed by atoms with Gasteiger partial charge in [0, 0.05) is 25.0 Å². The molecule has 61 heavy (non-hydrogen) atoms. The van der Waals surface area contributed by atoms with Crippen molar-refractivity contribution in [2.45, 2.75) is 152 Å². The Labute approximate surface area is 400 Å². The molecule has 0 spiro atoms. The molecule has 0 unspecified atom stereocenters. The molecule has 0 amide bonds. The van der Waals surface area contributed by atoms with E-state index < -0.39 is 39.7 Å². The fraction of sp³-hybridized carbons (Fsp3) is 0.643. The van der Waals surface area contributed by atoms with Crippen LogP contribution in [0.15, 0.2) is 73.7 Å². The standard InChI is InChI=1S/C14H15NO5.C10H22O2Si2.2C7H12O2.C4H8O2.Li.Na.H2O.H/c1-2-9-19-12-7-8-13(12)20-14(16)10-3-5-11(6-4-10)15(17)18;1-13(2,3)11-9-7-8-10(9)12-14(4,5)6;2*1-2-5-9-7-4-3-6(7)8;5-3-1-2-4(3)6;;;;/h2-6,12-13H,1,7-9H2;7-8H2,1-6H3;2*2,6-8H,1,3-5H2;3-6H,1-2H2;;;1H2;/q;;;;;2*+1;;-1/p-1/t12-,13-;;6-,7+;6-,7-;3-,4+;;;;/m1.01...../s1. The van der Waals surface area contributed by atoms with Gasteiger partial charge in [0.05, 0.1) is 73.0 Å². The Hall–Kier alpha value is -1.64. The number of carbonyl (C=O) groups excluding carboxylic acids is 1. The molecule has 1 aromatic carbocycles. The van der Waals surface area contributed by atoms with Gasteiger partial charge in [-0.15, -0.1) is 19.7 Å². The quantitative estimate of drug-likeness (QED) is 0.0599. The van der Waals surface area contributed by atoms with Gasteiger partial charge in [-0.05, 0) is 103 Å². The predicted octanol–water partition coefficient (Wildman–Crippen LogP) is 1.05. The summed E-state index contributed by atoms with van der Waals surface area (Å²) in [5, 5.41) is 45.4. The monoisotopic (exact) mass is 899 g/mol. The summed E-state index contributed by atoms with van der Waals surface area (Å²) in [5.74, 6) is 1.77. The second-order valence-corrected chi connectivity index (χ2v) is 25.4. The van der Waals surface area contributed by atoms with E-state index in [1.807, 2.05) is 0 Å². The van der Waals surface area contributed by atoms with Crippen molar-refractivity contribution in [1.82, 2.24) is 0 Å². The number of esters is 1. The number of nitrogens with zero attached hydrogens (tertiary/aromatic N) is 1. The van der Waals surface area contributed by atoms with E-state index in [1.165, 1.54) is 24.3 Å². The molecule has 0 aromatic heterocycles. The molecule has 0 bridgehead atoms. The van der Waals surface area contributed by atoms with Crippen LogP contribution in [0, 0.1) is 10.1 Å². The van der Waals surface area contributed by atoms with Crippen molar-refractivity contribution >= 4 is 28.3 Å². The Kier molecular flexibility index (Phi) is 31.5. The molecule has 0 saturated heterocycles. The molecule has 0 aliphatic heterocycles. The van der Waals surface area contributed by atoms with E-state index in [-0.39, 0.29) is 97.6 Å². The maximum atomic E-state index is 11.9. The van der Waals surface area contributed by atoms with E-state index in [1.54, 1.807) is 18.2 Å². The van der Waals surface area contributed by atoms with Crippen LogP contribution in [0.1, 0.15) is 76.0 Å². The third-order valence-corrected chi connectivity index (χ3v) is 11.0. The van der Waals surface area contributed by atoms with E-state index >= 15 is 0 Å². The molecule has 6 rings (SSSR count). The molecule has 0 radical (unpaired) electrons. The minimum absolute atomic E-state index is 0. The van der Waals surface area contributed by atoms with Crippen LogP contribution in [0.25, 0.3) is 0 Å². The van der Waals surface area contributed by atoms with Gasteiger partial charge < -0.3 is 55.1 Å². The van der Waals surface area contributed by atoms with Crippen molar-refractivity contribution in [3.05, 3.63) is 89.4 Å². The SMILES string of the molecule is C=CCO[C@@H]1CC[C@@H]1O.C=CCO[C@@H]1CC[C@H]1O.C=CCO[C@@H]1CC[C@H]1OC(=O)c1ccc([N+](=O)[O-])cc1.C[Si](C)(C)OC1=C(O[Si](C)(C)C)CC1.O[C@@H]1CC[C@@H]1O.[H-].[Li+].[Na+].[OH-]. The molecular weight excluding hydrogens is 829 g/mol. The van der Waals surface area contributed by atoms with Crippen LogP contribution in [-0.4, -0.2) is 122 Å². The van der Waals surface area contributed by atoms with Crippen LogP contribution >= 0.6 is 0 Å². The number of nitro benzene ring substituents is 1. The predicted molar refractivity (Wildman–Crippen MR) is 231 cm³/mol. The Morgan fingerprint density at radius 1 is 0.672 bits per heavy atom. The largest absolute Gasteiger partial charge is 1.00 e. The summed E-state index contributed by atoms with van der Waals surface area (Å²) in [7, 11) is -2.86. The average Bonchev–Trinajstić information content (AvgIpc) is 3.16. The fourth-order valence-electron chi connectivity index (χ4n) is 5.31. The van der Waals surface area contributed by atoms with Crippen molar-refractivity contribution < 1.29 is 113 Å². The summed E-state index contributed by atoms with van der Waals surface area (Å²) in [6.45, 7) is 25.4. The zero-order valence-electron chi connectivity index (χ0n) is 38.8. The molecule has 5 N–H and O–H groups in total. The third-order valence-electron chi connectivity index (χ3n) is 9.31. The Morgan fingerprint density at radius 2 is 1.02 bits per heavy atom. The number of rotatable bonds is 16. The number of carbonyl (C=O) groups is 1. The number of aliphatic hydroxyl groups is 4. The molecule has 0 heterocycles. The normalized spacial score (nSPS) is 25.2. The maximum absolute atomic E-state index is 11.9. The summed E-state index contributed by atoms with van der Waals surface area (Å²) in [6, 6.07) is 5.34. The number of hydrogen-bond acceptors (Lipinski definition) is 14. The second-order valence-electron chi connectivity index (χ2n) is 16.6. The van der Waals surface area contributed by atoms with E-state index in [4.69, 9.17) is 48.2 Å². The van der Waals surface area contributed by atoms with Crippen molar-refractivity contribution in [1.29, 1.82) is 0 Å². The number of hydrogen-bond donors (Lipinski definition) is 4. The molecule has 15 nitrogen and oxygen atoms in total. The Morgan fingerprint density at radius 3 is 1.25 bits per heavy atom. The second kappa shape index (κ2) is 31.3. The molecule has 1 aromatic rings. The molecule has 5 aliphatic carbocycles. The minimum atomic E-state index is -1.43.